The normalized spacial score (nSPS) is 10.5. The lowest BCUT2D eigenvalue weighted by atomic mass is 10.0. The van der Waals surface area contributed by atoms with E-state index in [4.69, 9.17) is 4.74 Å². The van der Waals surface area contributed by atoms with Gasteiger partial charge in [0.1, 0.15) is 18.8 Å². The van der Waals surface area contributed by atoms with E-state index in [-0.39, 0.29) is 0 Å². The Morgan fingerprint density at radius 2 is 1.17 bits per heavy atom. The lowest BCUT2D eigenvalue weighted by molar-refractivity contribution is -0.686. The molecule has 3 rings (SSSR count). The van der Waals surface area contributed by atoms with E-state index >= 15 is 0 Å². The molecule has 0 aliphatic heterocycles. The molecular formula is C21H22NO+. The van der Waals surface area contributed by atoms with Crippen molar-refractivity contribution in [2.45, 2.75) is 13.1 Å². The van der Waals surface area contributed by atoms with Gasteiger partial charge >= 0.3 is 0 Å². The number of nitrogens with two attached hydrogens (primary N) is 1. The molecule has 3 aromatic rings. The Hall–Kier alpha value is -2.58. The van der Waals surface area contributed by atoms with Crippen molar-refractivity contribution in [3.8, 4) is 16.9 Å². The van der Waals surface area contributed by atoms with Gasteiger partial charge in [-0.05, 0) is 35.4 Å². The number of hydrogen-bond acceptors (Lipinski definition) is 1. The van der Waals surface area contributed by atoms with E-state index in [1.54, 1.807) is 7.11 Å². The van der Waals surface area contributed by atoms with E-state index in [2.05, 4.69) is 66.0 Å². The fourth-order valence-electron chi connectivity index (χ4n) is 2.63. The summed E-state index contributed by atoms with van der Waals surface area (Å²) in [6, 6.07) is 27.6. The molecule has 0 bridgehead atoms. The average Bonchev–Trinajstić information content (AvgIpc) is 2.64. The summed E-state index contributed by atoms with van der Waals surface area (Å²) in [7, 11) is 1.69. The maximum Gasteiger partial charge on any atom is 0.118 e. The molecule has 0 unspecified atom stereocenters. The summed E-state index contributed by atoms with van der Waals surface area (Å²) in [6.07, 6.45) is 0. The Morgan fingerprint density at radius 3 is 1.74 bits per heavy atom. The number of methoxy groups -OCH3 is 1. The highest BCUT2D eigenvalue weighted by Gasteiger charge is 2.00. The van der Waals surface area contributed by atoms with Gasteiger partial charge in [0, 0.05) is 11.1 Å². The van der Waals surface area contributed by atoms with Crippen LogP contribution in [0.3, 0.4) is 0 Å². The minimum atomic E-state index is 0.908. The minimum Gasteiger partial charge on any atom is -0.497 e. The zero-order valence-electron chi connectivity index (χ0n) is 13.4. The van der Waals surface area contributed by atoms with Gasteiger partial charge in [-0.3, -0.25) is 0 Å². The number of ether oxygens (including phenoxy) is 1. The number of hydrogen-bond donors (Lipinski definition) is 1. The molecule has 2 nitrogen and oxygen atoms in total. The van der Waals surface area contributed by atoms with Crippen molar-refractivity contribution in [2.24, 2.45) is 0 Å². The highest BCUT2D eigenvalue weighted by molar-refractivity contribution is 5.63. The Morgan fingerprint density at radius 1 is 0.652 bits per heavy atom. The number of quaternary nitrogens is 1. The van der Waals surface area contributed by atoms with Gasteiger partial charge in [-0.1, -0.05) is 54.6 Å². The summed E-state index contributed by atoms with van der Waals surface area (Å²) in [4.78, 5) is 0. The Kier molecular flexibility index (Phi) is 5.07. The second-order valence-corrected chi connectivity index (χ2v) is 5.61. The molecule has 0 aliphatic carbocycles. The first-order valence-corrected chi connectivity index (χ1v) is 7.94. The standard InChI is InChI=1S/C21H21NO/c1-23-21-13-9-18(10-14-21)16-22-15-17-7-11-20(12-8-17)19-5-3-2-4-6-19/h2-14,22H,15-16H2,1H3/p+1. The molecule has 2 heteroatoms. The zero-order valence-corrected chi connectivity index (χ0v) is 13.4. The Bertz CT molecular complexity index is 718. The Balaban J connectivity index is 1.54. The van der Waals surface area contributed by atoms with Crippen molar-refractivity contribution in [3.63, 3.8) is 0 Å². The maximum atomic E-state index is 5.18. The molecule has 0 aromatic heterocycles. The van der Waals surface area contributed by atoms with Crippen LogP contribution in [0.15, 0.2) is 78.9 Å². The topological polar surface area (TPSA) is 25.8 Å². The summed E-state index contributed by atoms with van der Waals surface area (Å²) < 4.78 is 5.18. The van der Waals surface area contributed by atoms with Crippen molar-refractivity contribution >= 4 is 0 Å². The van der Waals surface area contributed by atoms with Gasteiger partial charge in [0.05, 0.1) is 7.11 Å². The molecule has 0 fully saturated rings. The molecule has 0 saturated carbocycles. The molecule has 23 heavy (non-hydrogen) atoms. The monoisotopic (exact) mass is 304 g/mol. The lowest BCUT2D eigenvalue weighted by Crippen LogP contribution is -2.80. The molecule has 116 valence electrons. The molecular weight excluding hydrogens is 282 g/mol. The second kappa shape index (κ2) is 7.61. The molecule has 0 spiro atoms. The van der Waals surface area contributed by atoms with E-state index in [0.29, 0.717) is 0 Å². The molecule has 3 aromatic carbocycles. The third kappa shape index (κ3) is 4.21. The van der Waals surface area contributed by atoms with Crippen molar-refractivity contribution in [1.82, 2.24) is 0 Å². The number of benzene rings is 3. The van der Waals surface area contributed by atoms with Gasteiger partial charge in [-0.15, -0.1) is 0 Å². The summed E-state index contributed by atoms with van der Waals surface area (Å²) in [5.41, 5.74) is 5.19. The van der Waals surface area contributed by atoms with E-state index in [0.717, 1.165) is 18.8 Å². The fourth-order valence-corrected chi connectivity index (χ4v) is 2.63. The summed E-state index contributed by atoms with van der Waals surface area (Å²) in [5.74, 6) is 0.908. The highest BCUT2D eigenvalue weighted by Crippen LogP contribution is 2.18. The smallest absolute Gasteiger partial charge is 0.118 e. The van der Waals surface area contributed by atoms with Gasteiger partial charge in [-0.2, -0.15) is 0 Å². The van der Waals surface area contributed by atoms with Crippen LogP contribution in [-0.4, -0.2) is 7.11 Å². The predicted molar refractivity (Wildman–Crippen MR) is 94.2 cm³/mol. The molecule has 0 saturated heterocycles. The van der Waals surface area contributed by atoms with Crippen molar-refractivity contribution in [2.75, 3.05) is 7.11 Å². The van der Waals surface area contributed by atoms with E-state index in [9.17, 15) is 0 Å². The van der Waals surface area contributed by atoms with Crippen LogP contribution in [0.5, 0.6) is 5.75 Å². The molecule has 0 radical (unpaired) electrons. The molecule has 2 N–H and O–H groups in total. The third-order valence-electron chi connectivity index (χ3n) is 3.98. The zero-order chi connectivity index (χ0) is 15.9. The van der Waals surface area contributed by atoms with Gasteiger partial charge in [0.2, 0.25) is 0 Å². The maximum absolute atomic E-state index is 5.18. The van der Waals surface area contributed by atoms with Crippen molar-refractivity contribution in [1.29, 1.82) is 0 Å². The van der Waals surface area contributed by atoms with Gasteiger partial charge in [0.25, 0.3) is 0 Å². The van der Waals surface area contributed by atoms with Crippen molar-refractivity contribution in [3.05, 3.63) is 90.0 Å². The quantitative estimate of drug-likeness (QED) is 0.739. The van der Waals surface area contributed by atoms with Gasteiger partial charge in [-0.25, -0.2) is 0 Å². The predicted octanol–water partition coefficient (Wildman–Crippen LogP) is 3.63. The van der Waals surface area contributed by atoms with E-state index in [1.165, 1.54) is 22.3 Å². The molecule has 0 amide bonds. The highest BCUT2D eigenvalue weighted by atomic mass is 16.5. The average molecular weight is 304 g/mol. The first-order chi connectivity index (χ1) is 11.3. The van der Waals surface area contributed by atoms with Gasteiger partial charge < -0.3 is 10.1 Å². The minimum absolute atomic E-state index is 0.908. The van der Waals surface area contributed by atoms with Crippen LogP contribution in [0, 0.1) is 0 Å². The van der Waals surface area contributed by atoms with Crippen LogP contribution in [0.1, 0.15) is 11.1 Å². The fraction of sp³-hybridized carbons (Fsp3) is 0.143. The SMILES string of the molecule is COc1ccc(C[NH2+]Cc2ccc(-c3ccccc3)cc2)cc1. The first-order valence-electron chi connectivity index (χ1n) is 7.94. The third-order valence-corrected chi connectivity index (χ3v) is 3.98. The van der Waals surface area contributed by atoms with Crippen LogP contribution < -0.4 is 10.1 Å². The van der Waals surface area contributed by atoms with Crippen LogP contribution in [0.25, 0.3) is 11.1 Å². The van der Waals surface area contributed by atoms with E-state index < -0.39 is 0 Å². The second-order valence-electron chi connectivity index (χ2n) is 5.61. The van der Waals surface area contributed by atoms with Crippen molar-refractivity contribution < 1.29 is 10.1 Å². The Labute approximate surface area is 137 Å². The van der Waals surface area contributed by atoms with E-state index in [1.807, 2.05) is 18.2 Å². The lowest BCUT2D eigenvalue weighted by Gasteiger charge is -2.05. The summed E-state index contributed by atoms with van der Waals surface area (Å²) in [6.45, 7) is 1.96. The van der Waals surface area contributed by atoms with Crippen LogP contribution >= 0.6 is 0 Å². The summed E-state index contributed by atoms with van der Waals surface area (Å²) >= 11 is 0. The molecule has 0 atom stereocenters. The van der Waals surface area contributed by atoms with Crippen LogP contribution in [0.2, 0.25) is 0 Å². The first kappa shape index (κ1) is 15.3. The molecule has 0 heterocycles. The van der Waals surface area contributed by atoms with Crippen LogP contribution in [0.4, 0.5) is 0 Å². The molecule has 0 aliphatic rings. The number of rotatable bonds is 6. The largest absolute Gasteiger partial charge is 0.497 e. The van der Waals surface area contributed by atoms with Crippen LogP contribution in [-0.2, 0) is 13.1 Å². The summed E-state index contributed by atoms with van der Waals surface area (Å²) in [5, 5.41) is 2.32. The van der Waals surface area contributed by atoms with Gasteiger partial charge in [0.15, 0.2) is 0 Å².